The highest BCUT2D eigenvalue weighted by Gasteiger charge is 2.13. The van der Waals surface area contributed by atoms with E-state index in [-0.39, 0.29) is 5.56 Å². The lowest BCUT2D eigenvalue weighted by molar-refractivity contribution is 0.151. The van der Waals surface area contributed by atoms with Crippen LogP contribution >= 0.6 is 0 Å². The first-order valence-electron chi connectivity index (χ1n) is 6.19. The molecule has 3 aromatic rings. The molecule has 0 aliphatic heterocycles. The summed E-state index contributed by atoms with van der Waals surface area (Å²) in [5, 5.41) is 0. The number of nitrogen functional groups attached to an aromatic ring is 1. The van der Waals surface area contributed by atoms with Crippen LogP contribution in [-0.2, 0) is 0 Å². The number of fused-ring (bicyclic) bond motifs is 1. The zero-order valence-electron chi connectivity index (χ0n) is 10.8. The highest BCUT2D eigenvalue weighted by Crippen LogP contribution is 2.29. The van der Waals surface area contributed by atoms with Crippen LogP contribution in [0.25, 0.3) is 16.9 Å². The average molecular weight is 273 g/mol. The molecule has 0 radical (unpaired) electrons. The summed E-state index contributed by atoms with van der Waals surface area (Å²) >= 11 is 0. The summed E-state index contributed by atoms with van der Waals surface area (Å²) in [6.07, 6.45) is -0.633. The van der Waals surface area contributed by atoms with Crippen molar-refractivity contribution in [3.63, 3.8) is 0 Å². The fourth-order valence-electron chi connectivity index (χ4n) is 2.22. The minimum atomic E-state index is -2.47. The summed E-state index contributed by atoms with van der Waals surface area (Å²) in [6, 6.07) is 9.88. The molecular formula is C15H13F2N3. The fourth-order valence-corrected chi connectivity index (χ4v) is 2.22. The molecule has 2 aromatic heterocycles. The number of anilines is 1. The Kier molecular flexibility index (Phi) is 2.89. The molecule has 3 nitrogen and oxygen atoms in total. The first-order valence-corrected chi connectivity index (χ1v) is 6.19. The third-order valence-electron chi connectivity index (χ3n) is 3.32. The zero-order chi connectivity index (χ0) is 14.3. The maximum Gasteiger partial charge on any atom is 0.263 e. The molecule has 0 unspecified atom stereocenters. The van der Waals surface area contributed by atoms with Crippen LogP contribution in [0.5, 0.6) is 0 Å². The van der Waals surface area contributed by atoms with Crippen molar-refractivity contribution in [2.45, 2.75) is 13.3 Å². The molecule has 0 saturated carbocycles. The van der Waals surface area contributed by atoms with E-state index >= 15 is 0 Å². The second kappa shape index (κ2) is 4.59. The molecule has 0 aliphatic carbocycles. The van der Waals surface area contributed by atoms with Crippen LogP contribution in [0.2, 0.25) is 0 Å². The third kappa shape index (κ3) is 1.91. The average Bonchev–Trinajstić information content (AvgIpc) is 2.78. The Labute approximate surface area is 114 Å². The van der Waals surface area contributed by atoms with E-state index in [0.717, 1.165) is 16.8 Å². The van der Waals surface area contributed by atoms with Crippen LogP contribution in [0.4, 0.5) is 14.6 Å². The molecule has 3 rings (SSSR count). The van der Waals surface area contributed by atoms with Crippen LogP contribution in [0, 0.1) is 6.92 Å². The maximum absolute atomic E-state index is 12.6. The van der Waals surface area contributed by atoms with Gasteiger partial charge in [0.1, 0.15) is 17.2 Å². The highest BCUT2D eigenvalue weighted by molar-refractivity contribution is 5.75. The molecule has 0 saturated heterocycles. The number of benzene rings is 1. The number of nitrogens with zero attached hydrogens (tertiary/aromatic N) is 2. The van der Waals surface area contributed by atoms with Gasteiger partial charge >= 0.3 is 0 Å². The van der Waals surface area contributed by atoms with Gasteiger partial charge in [0.2, 0.25) is 0 Å². The standard InChI is InChI=1S/C15H13F2N3/c1-9-3-2-8-20-14(18)12(19-15(9)20)10-4-6-11(7-5-10)13(16)17/h2-8,13H,18H2,1H3. The van der Waals surface area contributed by atoms with Gasteiger partial charge in [0.05, 0.1) is 0 Å². The van der Waals surface area contributed by atoms with Gasteiger partial charge in [-0.3, -0.25) is 4.40 Å². The molecule has 102 valence electrons. The zero-order valence-corrected chi connectivity index (χ0v) is 10.8. The van der Waals surface area contributed by atoms with Crippen molar-refractivity contribution in [3.05, 3.63) is 53.7 Å². The molecule has 2 N–H and O–H groups in total. The van der Waals surface area contributed by atoms with Crippen molar-refractivity contribution in [3.8, 4) is 11.3 Å². The highest BCUT2D eigenvalue weighted by atomic mass is 19.3. The van der Waals surface area contributed by atoms with Crippen LogP contribution < -0.4 is 5.73 Å². The number of halogens is 2. The van der Waals surface area contributed by atoms with E-state index in [9.17, 15) is 8.78 Å². The number of hydrogen-bond acceptors (Lipinski definition) is 2. The van der Waals surface area contributed by atoms with Crippen molar-refractivity contribution in [2.24, 2.45) is 0 Å². The van der Waals surface area contributed by atoms with Gasteiger partial charge in [-0.05, 0) is 18.6 Å². The van der Waals surface area contributed by atoms with Crippen molar-refractivity contribution in [1.29, 1.82) is 0 Å². The molecule has 1 aromatic carbocycles. The Hall–Kier alpha value is -2.43. The summed E-state index contributed by atoms with van der Waals surface area (Å²) in [5.41, 5.74) is 9.21. The second-order valence-corrected chi connectivity index (χ2v) is 4.65. The molecule has 2 heterocycles. The molecule has 0 aliphatic rings. The van der Waals surface area contributed by atoms with E-state index in [1.165, 1.54) is 12.1 Å². The van der Waals surface area contributed by atoms with Gasteiger partial charge in [-0.15, -0.1) is 0 Å². The molecular weight excluding hydrogens is 260 g/mol. The van der Waals surface area contributed by atoms with Crippen molar-refractivity contribution >= 4 is 11.5 Å². The van der Waals surface area contributed by atoms with Gasteiger partial charge in [-0.25, -0.2) is 13.8 Å². The monoisotopic (exact) mass is 273 g/mol. The fraction of sp³-hybridized carbons (Fsp3) is 0.133. The molecule has 0 amide bonds. The van der Waals surface area contributed by atoms with Gasteiger partial charge in [0, 0.05) is 17.3 Å². The smallest absolute Gasteiger partial charge is 0.263 e. The number of rotatable bonds is 2. The van der Waals surface area contributed by atoms with E-state index in [2.05, 4.69) is 4.98 Å². The van der Waals surface area contributed by atoms with E-state index in [1.54, 1.807) is 16.5 Å². The summed E-state index contributed by atoms with van der Waals surface area (Å²) in [7, 11) is 0. The van der Waals surface area contributed by atoms with E-state index in [0.29, 0.717) is 11.5 Å². The third-order valence-corrected chi connectivity index (χ3v) is 3.32. The topological polar surface area (TPSA) is 43.3 Å². The van der Waals surface area contributed by atoms with E-state index in [1.807, 2.05) is 25.3 Å². The molecule has 20 heavy (non-hydrogen) atoms. The Morgan fingerprint density at radius 3 is 2.45 bits per heavy atom. The lowest BCUT2D eigenvalue weighted by Crippen LogP contribution is -1.94. The van der Waals surface area contributed by atoms with Gasteiger partial charge in [0.15, 0.2) is 0 Å². The molecule has 5 heteroatoms. The van der Waals surface area contributed by atoms with Crippen LogP contribution in [-0.4, -0.2) is 9.38 Å². The predicted octanol–water partition coefficient (Wildman–Crippen LogP) is 3.83. The van der Waals surface area contributed by atoms with Gasteiger partial charge in [-0.2, -0.15) is 0 Å². The minimum Gasteiger partial charge on any atom is -0.383 e. The number of nitrogens with two attached hydrogens (primary N) is 1. The van der Waals surface area contributed by atoms with Gasteiger partial charge < -0.3 is 5.73 Å². The number of alkyl halides is 2. The van der Waals surface area contributed by atoms with E-state index < -0.39 is 6.43 Å². The second-order valence-electron chi connectivity index (χ2n) is 4.65. The summed E-state index contributed by atoms with van der Waals surface area (Å²) in [4.78, 5) is 4.51. The predicted molar refractivity (Wildman–Crippen MR) is 74.7 cm³/mol. The largest absolute Gasteiger partial charge is 0.383 e. The molecule has 0 spiro atoms. The number of aromatic nitrogens is 2. The van der Waals surface area contributed by atoms with Crippen LogP contribution in [0.3, 0.4) is 0 Å². The summed E-state index contributed by atoms with van der Waals surface area (Å²) < 4.78 is 26.9. The Balaban J connectivity index is 2.14. The SMILES string of the molecule is Cc1cccn2c(N)c(-c3ccc(C(F)F)cc3)nc12. The maximum atomic E-state index is 12.6. The number of pyridine rings is 1. The lowest BCUT2D eigenvalue weighted by atomic mass is 10.1. The van der Waals surface area contributed by atoms with Gasteiger partial charge in [0.25, 0.3) is 6.43 Å². The van der Waals surface area contributed by atoms with Crippen LogP contribution in [0.15, 0.2) is 42.6 Å². The Morgan fingerprint density at radius 2 is 1.85 bits per heavy atom. The number of imidazole rings is 1. The molecule has 0 atom stereocenters. The Morgan fingerprint density at radius 1 is 1.15 bits per heavy atom. The summed E-state index contributed by atoms with van der Waals surface area (Å²) in [6.45, 7) is 1.95. The molecule has 0 fully saturated rings. The first-order chi connectivity index (χ1) is 9.58. The first kappa shape index (κ1) is 12.6. The van der Waals surface area contributed by atoms with Crippen LogP contribution in [0.1, 0.15) is 17.6 Å². The van der Waals surface area contributed by atoms with Gasteiger partial charge in [-0.1, -0.05) is 30.3 Å². The minimum absolute atomic E-state index is 0.00716. The van der Waals surface area contributed by atoms with Crippen molar-refractivity contribution < 1.29 is 8.78 Å². The summed E-state index contributed by atoms with van der Waals surface area (Å²) in [5.74, 6) is 0.508. The molecule has 0 bridgehead atoms. The van der Waals surface area contributed by atoms with Crippen molar-refractivity contribution in [1.82, 2.24) is 9.38 Å². The Bertz CT molecular complexity index is 761. The lowest BCUT2D eigenvalue weighted by Gasteiger charge is -2.02. The normalized spacial score (nSPS) is 11.4. The van der Waals surface area contributed by atoms with E-state index in [4.69, 9.17) is 5.73 Å². The van der Waals surface area contributed by atoms with Crippen molar-refractivity contribution in [2.75, 3.05) is 5.73 Å². The number of aryl methyl sites for hydroxylation is 1. The quantitative estimate of drug-likeness (QED) is 0.771. The number of hydrogen-bond donors (Lipinski definition) is 1.